The van der Waals surface area contributed by atoms with E-state index in [4.69, 9.17) is 9.72 Å². The van der Waals surface area contributed by atoms with Crippen molar-refractivity contribution in [1.82, 2.24) is 24.8 Å². The third kappa shape index (κ3) is 5.52. The van der Waals surface area contributed by atoms with Crippen LogP contribution in [0, 0.1) is 5.82 Å². The van der Waals surface area contributed by atoms with E-state index in [-0.39, 0.29) is 17.8 Å². The van der Waals surface area contributed by atoms with Crippen LogP contribution in [-0.4, -0.2) is 55.9 Å². The van der Waals surface area contributed by atoms with E-state index >= 15 is 0 Å². The van der Waals surface area contributed by atoms with E-state index in [0.29, 0.717) is 18.2 Å². The third-order valence-electron chi connectivity index (χ3n) is 5.45. The van der Waals surface area contributed by atoms with Crippen molar-refractivity contribution in [2.24, 2.45) is 0 Å². The quantitative estimate of drug-likeness (QED) is 0.401. The molecule has 33 heavy (non-hydrogen) atoms. The van der Waals surface area contributed by atoms with Crippen LogP contribution in [0.1, 0.15) is 45.4 Å². The van der Waals surface area contributed by atoms with Gasteiger partial charge in [0.1, 0.15) is 17.2 Å². The Balaban J connectivity index is 1.61. The summed E-state index contributed by atoms with van der Waals surface area (Å²) < 4.78 is 19.0. The number of amides is 1. The summed E-state index contributed by atoms with van der Waals surface area (Å²) >= 11 is 1.47. The second-order valence-electron chi connectivity index (χ2n) is 9.02. The number of rotatable bonds is 4. The van der Waals surface area contributed by atoms with Gasteiger partial charge in [-0.1, -0.05) is 11.8 Å². The van der Waals surface area contributed by atoms with Crippen LogP contribution in [-0.2, 0) is 4.74 Å². The van der Waals surface area contributed by atoms with E-state index in [1.807, 2.05) is 33.1 Å². The van der Waals surface area contributed by atoms with E-state index in [2.05, 4.69) is 15.0 Å². The van der Waals surface area contributed by atoms with Gasteiger partial charge in [0.25, 0.3) is 0 Å². The maximum Gasteiger partial charge on any atom is 0.410 e. The van der Waals surface area contributed by atoms with Gasteiger partial charge in [-0.15, -0.1) is 0 Å². The van der Waals surface area contributed by atoms with Gasteiger partial charge >= 0.3 is 6.09 Å². The summed E-state index contributed by atoms with van der Waals surface area (Å²) in [5, 5.41) is 0.666. The van der Waals surface area contributed by atoms with Crippen molar-refractivity contribution in [3.8, 4) is 22.6 Å². The van der Waals surface area contributed by atoms with Crippen molar-refractivity contribution in [3.63, 3.8) is 0 Å². The Hall–Kier alpha value is -2.94. The Kier molecular flexibility index (Phi) is 6.69. The van der Waals surface area contributed by atoms with E-state index in [9.17, 15) is 9.18 Å². The largest absolute Gasteiger partial charge is 0.444 e. The highest BCUT2D eigenvalue weighted by Crippen LogP contribution is 2.34. The average Bonchev–Trinajstić information content (AvgIpc) is 3.24. The molecule has 1 N–H and O–H groups in total. The molecule has 2 aromatic heterocycles. The number of H-pyrrole nitrogens is 1. The van der Waals surface area contributed by atoms with Gasteiger partial charge in [0.2, 0.25) is 0 Å². The van der Waals surface area contributed by atoms with Crippen LogP contribution < -0.4 is 0 Å². The Labute approximate surface area is 197 Å². The van der Waals surface area contributed by atoms with Gasteiger partial charge in [0.05, 0.1) is 17.1 Å². The highest BCUT2D eigenvalue weighted by Gasteiger charge is 2.29. The topological polar surface area (TPSA) is 84.0 Å². The number of imidazole rings is 1. The maximum absolute atomic E-state index is 13.5. The third-order valence-corrected chi connectivity index (χ3v) is 6.01. The molecule has 1 aliphatic heterocycles. The summed E-state index contributed by atoms with van der Waals surface area (Å²) in [6.07, 6.45) is 4.92. The number of carbonyl (C=O) groups is 1. The van der Waals surface area contributed by atoms with Crippen LogP contribution >= 0.6 is 11.8 Å². The summed E-state index contributed by atoms with van der Waals surface area (Å²) in [5.74, 6) is 0.716. The fourth-order valence-corrected chi connectivity index (χ4v) is 4.18. The predicted molar refractivity (Wildman–Crippen MR) is 127 cm³/mol. The Bertz CT molecular complexity index is 1120. The van der Waals surface area contributed by atoms with Gasteiger partial charge in [-0.25, -0.2) is 24.1 Å². The van der Waals surface area contributed by atoms with E-state index in [1.54, 1.807) is 23.2 Å². The fraction of sp³-hybridized carbons (Fsp3) is 0.417. The minimum atomic E-state index is -0.513. The summed E-state index contributed by atoms with van der Waals surface area (Å²) in [6, 6.07) is 8.15. The summed E-state index contributed by atoms with van der Waals surface area (Å²) in [5.41, 5.74) is 2.54. The number of piperidine rings is 1. The zero-order valence-corrected chi connectivity index (χ0v) is 20.1. The predicted octanol–water partition coefficient (Wildman–Crippen LogP) is 5.51. The molecule has 4 rings (SSSR count). The smallest absolute Gasteiger partial charge is 0.410 e. The van der Waals surface area contributed by atoms with Crippen LogP contribution in [0.15, 0.2) is 41.7 Å². The Morgan fingerprint density at radius 3 is 2.48 bits per heavy atom. The molecule has 3 aromatic rings. The molecule has 1 saturated heterocycles. The molecule has 0 atom stereocenters. The molecule has 174 valence electrons. The molecular weight excluding hydrogens is 441 g/mol. The number of benzene rings is 1. The number of nitrogens with one attached hydrogen (secondary N) is 1. The number of hydrogen-bond acceptors (Lipinski definition) is 6. The van der Waals surface area contributed by atoms with Crippen molar-refractivity contribution in [3.05, 3.63) is 48.2 Å². The molecule has 0 aliphatic carbocycles. The Morgan fingerprint density at radius 2 is 1.85 bits per heavy atom. The standard InChI is InChI=1S/C24H28FN5O2S/c1-24(2,3)32-23(31)30-13-10-16(11-14-30)21-28-19(15-5-7-17(25)8-6-15)20(29-21)18-9-12-26-22(27-18)33-4/h5-9,12,16H,10-11,13-14H2,1-4H3,(H,28,29). The summed E-state index contributed by atoms with van der Waals surface area (Å²) in [7, 11) is 0. The molecule has 7 nitrogen and oxygen atoms in total. The Morgan fingerprint density at radius 1 is 1.15 bits per heavy atom. The van der Waals surface area contributed by atoms with Crippen molar-refractivity contribution in [2.45, 2.75) is 50.3 Å². The fourth-order valence-electron chi connectivity index (χ4n) is 3.83. The van der Waals surface area contributed by atoms with Crippen molar-refractivity contribution < 1.29 is 13.9 Å². The maximum atomic E-state index is 13.5. The molecule has 0 unspecified atom stereocenters. The van der Waals surface area contributed by atoms with Crippen molar-refractivity contribution in [1.29, 1.82) is 0 Å². The zero-order valence-electron chi connectivity index (χ0n) is 19.3. The van der Waals surface area contributed by atoms with Crippen molar-refractivity contribution in [2.75, 3.05) is 19.3 Å². The summed E-state index contributed by atoms with van der Waals surface area (Å²) in [4.78, 5) is 31.4. The molecule has 0 radical (unpaired) electrons. The molecule has 1 aromatic carbocycles. The van der Waals surface area contributed by atoms with Crippen molar-refractivity contribution >= 4 is 17.9 Å². The number of thioether (sulfide) groups is 1. The number of likely N-dealkylation sites (tertiary alicyclic amines) is 1. The number of nitrogens with zero attached hydrogens (tertiary/aromatic N) is 4. The lowest BCUT2D eigenvalue weighted by Crippen LogP contribution is -2.41. The van der Waals surface area contributed by atoms with E-state index in [1.165, 1.54) is 23.9 Å². The van der Waals surface area contributed by atoms with Gasteiger partial charge in [-0.05, 0) is 70.2 Å². The van der Waals surface area contributed by atoms with Crippen LogP contribution in [0.2, 0.25) is 0 Å². The molecule has 0 spiro atoms. The molecule has 9 heteroatoms. The summed E-state index contributed by atoms with van der Waals surface area (Å²) in [6.45, 7) is 6.81. The SMILES string of the molecule is CSc1nccc(-c2[nH]c(C3CCN(C(=O)OC(C)(C)C)CC3)nc2-c2ccc(F)cc2)n1. The molecule has 0 bridgehead atoms. The van der Waals surface area contributed by atoms with Crippen LogP contribution in [0.3, 0.4) is 0 Å². The van der Waals surface area contributed by atoms with Gasteiger partial charge in [-0.3, -0.25) is 0 Å². The lowest BCUT2D eigenvalue weighted by molar-refractivity contribution is 0.0203. The number of halogens is 1. The second kappa shape index (κ2) is 9.51. The second-order valence-corrected chi connectivity index (χ2v) is 9.80. The average molecular weight is 470 g/mol. The van der Waals surface area contributed by atoms with Gasteiger partial charge < -0.3 is 14.6 Å². The minimum Gasteiger partial charge on any atom is -0.444 e. The highest BCUT2D eigenvalue weighted by molar-refractivity contribution is 7.98. The molecule has 3 heterocycles. The number of aromatic amines is 1. The molecule has 1 fully saturated rings. The highest BCUT2D eigenvalue weighted by atomic mass is 32.2. The van der Waals surface area contributed by atoms with Gasteiger partial charge in [0, 0.05) is 30.8 Å². The first-order chi connectivity index (χ1) is 15.7. The van der Waals surface area contributed by atoms with E-state index < -0.39 is 5.60 Å². The zero-order chi connectivity index (χ0) is 23.6. The van der Waals surface area contributed by atoms with Crippen LogP contribution in [0.5, 0.6) is 0 Å². The van der Waals surface area contributed by atoms with Crippen LogP contribution in [0.4, 0.5) is 9.18 Å². The van der Waals surface area contributed by atoms with Gasteiger partial charge in [-0.2, -0.15) is 0 Å². The molecule has 1 amide bonds. The minimum absolute atomic E-state index is 0.165. The van der Waals surface area contributed by atoms with Gasteiger partial charge in [0.15, 0.2) is 5.16 Å². The number of ether oxygens (including phenoxy) is 1. The first kappa shape index (κ1) is 23.2. The number of carbonyl (C=O) groups excluding carboxylic acids is 1. The monoisotopic (exact) mass is 469 g/mol. The molecule has 0 saturated carbocycles. The number of hydrogen-bond donors (Lipinski definition) is 1. The molecular formula is C24H28FN5O2S. The normalized spacial score (nSPS) is 15.0. The lowest BCUT2D eigenvalue weighted by atomic mass is 9.96. The first-order valence-electron chi connectivity index (χ1n) is 10.9. The first-order valence-corrected chi connectivity index (χ1v) is 12.2. The lowest BCUT2D eigenvalue weighted by Gasteiger charge is -2.32. The number of aromatic nitrogens is 4. The van der Waals surface area contributed by atoms with Crippen LogP contribution in [0.25, 0.3) is 22.6 Å². The molecule has 1 aliphatic rings. The van der Waals surface area contributed by atoms with E-state index in [0.717, 1.165) is 41.3 Å².